The molecule has 0 spiro atoms. The van der Waals surface area contributed by atoms with E-state index in [2.05, 4.69) is 0 Å². The van der Waals surface area contributed by atoms with Crippen LogP contribution in [0.4, 0.5) is 0 Å². The topological polar surface area (TPSA) is 55.1 Å². The Labute approximate surface area is 135 Å². The van der Waals surface area contributed by atoms with Crippen LogP contribution in [-0.2, 0) is 11.2 Å². The van der Waals surface area contributed by atoms with Gasteiger partial charge in [-0.15, -0.1) is 0 Å². The lowest BCUT2D eigenvalue weighted by atomic mass is 10.1. The Hall–Kier alpha value is -2.62. The van der Waals surface area contributed by atoms with Gasteiger partial charge in [0.15, 0.2) is 0 Å². The monoisotopic (exact) mass is 308 g/mol. The molecular formula is C19H20N2O2. The molecule has 0 aliphatic carbocycles. The van der Waals surface area contributed by atoms with Crippen LogP contribution in [0.3, 0.4) is 0 Å². The Balaban J connectivity index is 2.19. The van der Waals surface area contributed by atoms with Crippen LogP contribution in [0.5, 0.6) is 0 Å². The molecule has 0 aliphatic heterocycles. The summed E-state index contributed by atoms with van der Waals surface area (Å²) in [6, 6.07) is 13.4. The molecule has 23 heavy (non-hydrogen) atoms. The minimum absolute atomic E-state index is 0.616. The molecule has 3 aromatic rings. The summed E-state index contributed by atoms with van der Waals surface area (Å²) in [6.45, 7) is 5.78. The number of rotatable bonds is 4. The van der Waals surface area contributed by atoms with E-state index in [0.29, 0.717) is 6.42 Å². The van der Waals surface area contributed by atoms with Crippen molar-refractivity contribution in [3.63, 3.8) is 0 Å². The van der Waals surface area contributed by atoms with Crippen LogP contribution < -0.4 is 0 Å². The van der Waals surface area contributed by atoms with Crippen LogP contribution in [0.2, 0.25) is 0 Å². The number of carboxylic acid groups (broad SMARTS) is 1. The number of benzene rings is 2. The summed E-state index contributed by atoms with van der Waals surface area (Å²) < 4.78 is 1.84. The molecule has 0 saturated heterocycles. The summed E-state index contributed by atoms with van der Waals surface area (Å²) in [7, 11) is 0. The van der Waals surface area contributed by atoms with Crippen molar-refractivity contribution in [2.45, 2.75) is 33.2 Å². The third kappa shape index (κ3) is 2.84. The second-order valence-corrected chi connectivity index (χ2v) is 6.00. The third-order valence-corrected chi connectivity index (χ3v) is 4.33. The Morgan fingerprint density at radius 3 is 2.48 bits per heavy atom. The van der Waals surface area contributed by atoms with E-state index in [1.807, 2.05) is 60.9 Å². The minimum atomic E-state index is -0.850. The van der Waals surface area contributed by atoms with Crippen molar-refractivity contribution in [1.29, 1.82) is 0 Å². The zero-order valence-corrected chi connectivity index (χ0v) is 13.6. The number of imidazole rings is 1. The smallest absolute Gasteiger partial charge is 0.326 e. The molecule has 2 aromatic carbocycles. The van der Waals surface area contributed by atoms with Gasteiger partial charge in [-0.3, -0.25) is 0 Å². The van der Waals surface area contributed by atoms with Gasteiger partial charge >= 0.3 is 5.97 Å². The van der Waals surface area contributed by atoms with E-state index in [1.165, 1.54) is 0 Å². The van der Waals surface area contributed by atoms with Crippen LogP contribution in [0.1, 0.15) is 35.5 Å². The Morgan fingerprint density at radius 1 is 1.17 bits per heavy atom. The highest BCUT2D eigenvalue weighted by Gasteiger charge is 2.21. The van der Waals surface area contributed by atoms with Gasteiger partial charge in [0, 0.05) is 6.42 Å². The highest BCUT2D eigenvalue weighted by atomic mass is 16.4. The Kier molecular flexibility index (Phi) is 3.90. The van der Waals surface area contributed by atoms with Gasteiger partial charge < -0.3 is 9.67 Å². The van der Waals surface area contributed by atoms with E-state index < -0.39 is 12.0 Å². The summed E-state index contributed by atoms with van der Waals surface area (Å²) in [6.07, 6.45) is 0.616. The molecule has 1 unspecified atom stereocenters. The second kappa shape index (κ2) is 5.88. The van der Waals surface area contributed by atoms with Crippen molar-refractivity contribution in [1.82, 2.24) is 9.55 Å². The fourth-order valence-electron chi connectivity index (χ4n) is 2.85. The lowest BCUT2D eigenvalue weighted by Crippen LogP contribution is -2.18. The average Bonchev–Trinajstić information content (AvgIpc) is 2.84. The molecule has 3 rings (SSSR count). The molecule has 0 saturated carbocycles. The number of aromatic nitrogens is 2. The summed E-state index contributed by atoms with van der Waals surface area (Å²) in [5, 5.41) is 9.48. The van der Waals surface area contributed by atoms with Crippen LogP contribution >= 0.6 is 0 Å². The first kappa shape index (κ1) is 15.3. The minimum Gasteiger partial charge on any atom is -0.480 e. The number of carbonyl (C=O) groups is 1. The molecule has 0 amide bonds. The largest absolute Gasteiger partial charge is 0.480 e. The van der Waals surface area contributed by atoms with E-state index in [-0.39, 0.29) is 0 Å². The highest BCUT2D eigenvalue weighted by Crippen LogP contribution is 2.26. The van der Waals surface area contributed by atoms with Gasteiger partial charge in [0.05, 0.1) is 11.0 Å². The van der Waals surface area contributed by atoms with E-state index >= 15 is 0 Å². The molecule has 0 bridgehead atoms. The lowest BCUT2D eigenvalue weighted by Gasteiger charge is -2.14. The van der Waals surface area contributed by atoms with Gasteiger partial charge in [0.2, 0.25) is 0 Å². The summed E-state index contributed by atoms with van der Waals surface area (Å²) in [5.74, 6) is -0.0667. The lowest BCUT2D eigenvalue weighted by molar-refractivity contribution is -0.140. The summed E-state index contributed by atoms with van der Waals surface area (Å²) in [5.41, 5.74) is 5.16. The maximum Gasteiger partial charge on any atom is 0.326 e. The van der Waals surface area contributed by atoms with Crippen molar-refractivity contribution >= 4 is 17.0 Å². The first-order valence-corrected chi connectivity index (χ1v) is 7.72. The van der Waals surface area contributed by atoms with E-state index in [1.54, 1.807) is 6.92 Å². The first-order valence-electron chi connectivity index (χ1n) is 7.72. The first-order chi connectivity index (χ1) is 11.0. The van der Waals surface area contributed by atoms with Crippen molar-refractivity contribution in [2.24, 2.45) is 0 Å². The van der Waals surface area contributed by atoms with Crippen LogP contribution in [-0.4, -0.2) is 20.6 Å². The molecule has 0 fully saturated rings. The second-order valence-electron chi connectivity index (χ2n) is 6.00. The SMILES string of the molecule is Cc1cc2nc(Cc3ccccc3)n(C(C)C(=O)O)c2cc1C. The van der Waals surface area contributed by atoms with Gasteiger partial charge in [-0.1, -0.05) is 30.3 Å². The number of fused-ring (bicyclic) bond motifs is 1. The predicted molar refractivity (Wildman–Crippen MR) is 90.8 cm³/mol. The van der Waals surface area contributed by atoms with Crippen molar-refractivity contribution in [3.05, 3.63) is 65.0 Å². The fourth-order valence-corrected chi connectivity index (χ4v) is 2.85. The van der Waals surface area contributed by atoms with Crippen molar-refractivity contribution in [3.8, 4) is 0 Å². The van der Waals surface area contributed by atoms with Gasteiger partial charge in [0.1, 0.15) is 11.9 Å². The molecule has 1 N–H and O–H groups in total. The van der Waals surface area contributed by atoms with Gasteiger partial charge in [-0.25, -0.2) is 9.78 Å². The van der Waals surface area contributed by atoms with Gasteiger partial charge in [-0.05, 0) is 49.6 Å². The van der Waals surface area contributed by atoms with E-state index in [9.17, 15) is 9.90 Å². The van der Waals surface area contributed by atoms with E-state index in [4.69, 9.17) is 4.98 Å². The number of aryl methyl sites for hydroxylation is 2. The van der Waals surface area contributed by atoms with Crippen molar-refractivity contribution in [2.75, 3.05) is 0 Å². The maximum atomic E-state index is 11.5. The van der Waals surface area contributed by atoms with Crippen LogP contribution in [0, 0.1) is 13.8 Å². The average molecular weight is 308 g/mol. The third-order valence-electron chi connectivity index (χ3n) is 4.33. The standard InChI is InChI=1S/C19H20N2O2/c1-12-9-16-17(10-13(12)2)21(14(3)19(22)23)18(20-16)11-15-7-5-4-6-8-15/h4-10,14H,11H2,1-3H3,(H,22,23). The van der Waals surface area contributed by atoms with Crippen LogP contribution in [0.15, 0.2) is 42.5 Å². The molecule has 118 valence electrons. The fraction of sp³-hybridized carbons (Fsp3) is 0.263. The normalized spacial score (nSPS) is 12.5. The molecule has 1 atom stereocenters. The molecular weight excluding hydrogens is 288 g/mol. The Bertz CT molecular complexity index is 866. The number of aliphatic carboxylic acids is 1. The molecule has 0 radical (unpaired) electrons. The summed E-state index contributed by atoms with van der Waals surface area (Å²) in [4.78, 5) is 16.3. The summed E-state index contributed by atoms with van der Waals surface area (Å²) >= 11 is 0. The molecule has 4 heteroatoms. The quantitative estimate of drug-likeness (QED) is 0.795. The molecule has 4 nitrogen and oxygen atoms in total. The number of nitrogens with zero attached hydrogens (tertiary/aromatic N) is 2. The zero-order valence-electron chi connectivity index (χ0n) is 13.6. The molecule has 0 aliphatic rings. The number of hydrogen-bond acceptors (Lipinski definition) is 2. The Morgan fingerprint density at radius 2 is 1.83 bits per heavy atom. The predicted octanol–water partition coefficient (Wildman–Crippen LogP) is 3.89. The van der Waals surface area contributed by atoms with Crippen LogP contribution in [0.25, 0.3) is 11.0 Å². The van der Waals surface area contributed by atoms with E-state index in [0.717, 1.165) is 33.5 Å². The zero-order chi connectivity index (χ0) is 16.6. The number of hydrogen-bond donors (Lipinski definition) is 1. The molecule has 1 aromatic heterocycles. The molecule has 1 heterocycles. The number of carboxylic acids is 1. The maximum absolute atomic E-state index is 11.5. The van der Waals surface area contributed by atoms with Gasteiger partial charge in [-0.2, -0.15) is 0 Å². The highest BCUT2D eigenvalue weighted by molar-refractivity contribution is 5.81. The van der Waals surface area contributed by atoms with Gasteiger partial charge in [0.25, 0.3) is 0 Å². The van der Waals surface area contributed by atoms with Crippen molar-refractivity contribution < 1.29 is 9.90 Å².